The summed E-state index contributed by atoms with van der Waals surface area (Å²) in [6, 6.07) is 25.5. The first-order valence-electron chi connectivity index (χ1n) is 8.99. The molecule has 29 heavy (non-hydrogen) atoms. The van der Waals surface area contributed by atoms with Gasteiger partial charge in [-0.25, -0.2) is 9.82 Å². The first kappa shape index (κ1) is 18.3. The van der Waals surface area contributed by atoms with Crippen molar-refractivity contribution < 1.29 is 9.18 Å². The number of carbonyl (C=O) groups is 1. The topological polar surface area (TPSA) is 70.1 Å². The molecule has 0 bridgehead atoms. The van der Waals surface area contributed by atoms with Gasteiger partial charge in [-0.15, -0.1) is 0 Å². The van der Waals surface area contributed by atoms with E-state index in [0.717, 1.165) is 16.7 Å². The number of amides is 1. The Bertz CT molecular complexity index is 1130. The molecule has 4 aromatic rings. The molecule has 0 aliphatic heterocycles. The molecular formula is C23H17FN4O. The van der Waals surface area contributed by atoms with Gasteiger partial charge in [0, 0.05) is 5.56 Å². The van der Waals surface area contributed by atoms with Crippen molar-refractivity contribution in [3.8, 4) is 22.4 Å². The molecule has 4 rings (SSSR count). The maximum absolute atomic E-state index is 12.9. The van der Waals surface area contributed by atoms with Gasteiger partial charge in [0.05, 0.1) is 11.9 Å². The van der Waals surface area contributed by atoms with Gasteiger partial charge < -0.3 is 0 Å². The smallest absolute Gasteiger partial charge is 0.272 e. The molecule has 0 radical (unpaired) electrons. The molecule has 0 aliphatic rings. The Kier molecular flexibility index (Phi) is 5.25. The van der Waals surface area contributed by atoms with Crippen LogP contribution in [0.1, 0.15) is 16.1 Å². The summed E-state index contributed by atoms with van der Waals surface area (Å²) >= 11 is 0. The summed E-state index contributed by atoms with van der Waals surface area (Å²) in [6.07, 6.45) is 1.44. The van der Waals surface area contributed by atoms with Crippen molar-refractivity contribution in [3.05, 3.63) is 102 Å². The second-order valence-corrected chi connectivity index (χ2v) is 6.36. The Morgan fingerprint density at radius 2 is 1.55 bits per heavy atom. The molecule has 1 heterocycles. The van der Waals surface area contributed by atoms with Gasteiger partial charge in [0.2, 0.25) is 0 Å². The molecular weight excluding hydrogens is 367 g/mol. The number of nitrogens with zero attached hydrogens (tertiary/aromatic N) is 2. The van der Waals surface area contributed by atoms with Crippen molar-refractivity contribution in [2.75, 3.05) is 0 Å². The van der Waals surface area contributed by atoms with E-state index in [-0.39, 0.29) is 5.82 Å². The Morgan fingerprint density at radius 3 is 2.28 bits per heavy atom. The van der Waals surface area contributed by atoms with Crippen LogP contribution in [-0.2, 0) is 0 Å². The van der Waals surface area contributed by atoms with E-state index in [0.29, 0.717) is 17.0 Å². The number of rotatable bonds is 5. The molecule has 0 aliphatic carbocycles. The SMILES string of the molecule is O=C(N/N=C/c1ccc(F)cc1)c1cc(-c2ccc(-c3ccccc3)cc2)n[nH]1. The normalized spacial score (nSPS) is 10.9. The molecule has 6 heteroatoms. The van der Waals surface area contributed by atoms with Crippen LogP contribution >= 0.6 is 0 Å². The maximum atomic E-state index is 12.9. The average molecular weight is 384 g/mol. The summed E-state index contributed by atoms with van der Waals surface area (Å²) in [4.78, 5) is 12.2. The molecule has 0 saturated heterocycles. The third kappa shape index (κ3) is 4.44. The zero-order valence-electron chi connectivity index (χ0n) is 15.3. The maximum Gasteiger partial charge on any atom is 0.289 e. The van der Waals surface area contributed by atoms with E-state index in [2.05, 4.69) is 32.9 Å². The molecule has 0 saturated carbocycles. The van der Waals surface area contributed by atoms with Crippen LogP contribution in [-0.4, -0.2) is 22.3 Å². The predicted octanol–water partition coefficient (Wildman–Crippen LogP) is 4.65. The van der Waals surface area contributed by atoms with E-state index in [1.807, 2.05) is 42.5 Å². The number of benzene rings is 3. The fraction of sp³-hybridized carbons (Fsp3) is 0. The van der Waals surface area contributed by atoms with Crippen LogP contribution in [0.2, 0.25) is 0 Å². The lowest BCUT2D eigenvalue weighted by atomic mass is 10.0. The third-order valence-corrected chi connectivity index (χ3v) is 4.36. The van der Waals surface area contributed by atoms with Crippen molar-refractivity contribution >= 4 is 12.1 Å². The number of aromatic amines is 1. The number of nitrogens with one attached hydrogen (secondary N) is 2. The summed E-state index contributed by atoms with van der Waals surface area (Å²) in [5.41, 5.74) is 7.20. The van der Waals surface area contributed by atoms with Crippen molar-refractivity contribution in [2.45, 2.75) is 0 Å². The second kappa shape index (κ2) is 8.31. The second-order valence-electron chi connectivity index (χ2n) is 6.36. The third-order valence-electron chi connectivity index (χ3n) is 4.36. The van der Waals surface area contributed by atoms with Crippen molar-refractivity contribution in [1.29, 1.82) is 0 Å². The molecule has 2 N–H and O–H groups in total. The van der Waals surface area contributed by atoms with Gasteiger partial charge in [-0.3, -0.25) is 9.89 Å². The van der Waals surface area contributed by atoms with Crippen LogP contribution in [0.4, 0.5) is 4.39 Å². The van der Waals surface area contributed by atoms with E-state index >= 15 is 0 Å². The zero-order chi connectivity index (χ0) is 20.1. The molecule has 1 aromatic heterocycles. The highest BCUT2D eigenvalue weighted by atomic mass is 19.1. The number of hydrogen-bond acceptors (Lipinski definition) is 3. The monoisotopic (exact) mass is 384 g/mol. The minimum absolute atomic E-state index is 0.295. The molecule has 1 amide bonds. The van der Waals surface area contributed by atoms with Gasteiger partial charge in [0.15, 0.2) is 0 Å². The summed E-state index contributed by atoms with van der Waals surface area (Å²) in [5, 5.41) is 10.8. The Hall–Kier alpha value is -4.06. The zero-order valence-corrected chi connectivity index (χ0v) is 15.3. The summed E-state index contributed by atoms with van der Waals surface area (Å²) in [7, 11) is 0. The largest absolute Gasteiger partial charge is 0.289 e. The molecule has 0 unspecified atom stereocenters. The fourth-order valence-electron chi connectivity index (χ4n) is 2.82. The quantitative estimate of drug-likeness (QED) is 0.388. The number of aromatic nitrogens is 2. The number of hydrogen-bond donors (Lipinski definition) is 2. The van der Waals surface area contributed by atoms with Gasteiger partial charge in [-0.2, -0.15) is 10.2 Å². The van der Waals surface area contributed by atoms with Crippen LogP contribution in [0, 0.1) is 5.82 Å². The van der Waals surface area contributed by atoms with Crippen LogP contribution in [0.25, 0.3) is 22.4 Å². The first-order chi connectivity index (χ1) is 14.2. The summed E-state index contributed by atoms with van der Waals surface area (Å²) < 4.78 is 12.9. The molecule has 142 valence electrons. The van der Waals surface area contributed by atoms with E-state index < -0.39 is 5.91 Å². The van der Waals surface area contributed by atoms with Gasteiger partial charge in [0.1, 0.15) is 11.5 Å². The minimum Gasteiger partial charge on any atom is -0.272 e. The number of halogens is 1. The lowest BCUT2D eigenvalue weighted by Crippen LogP contribution is -2.17. The molecule has 0 atom stereocenters. The lowest BCUT2D eigenvalue weighted by Gasteiger charge is -2.02. The van der Waals surface area contributed by atoms with Crippen molar-refractivity contribution in [3.63, 3.8) is 0 Å². The van der Waals surface area contributed by atoms with E-state index in [1.165, 1.54) is 18.3 Å². The summed E-state index contributed by atoms with van der Waals surface area (Å²) in [5.74, 6) is -0.740. The Balaban J connectivity index is 1.42. The van der Waals surface area contributed by atoms with Crippen molar-refractivity contribution in [2.24, 2.45) is 5.10 Å². The summed E-state index contributed by atoms with van der Waals surface area (Å²) in [6.45, 7) is 0. The minimum atomic E-state index is -0.414. The molecule has 3 aromatic carbocycles. The highest BCUT2D eigenvalue weighted by Crippen LogP contribution is 2.24. The fourth-order valence-corrected chi connectivity index (χ4v) is 2.82. The number of carbonyl (C=O) groups excluding carboxylic acids is 1. The Morgan fingerprint density at radius 1 is 0.897 bits per heavy atom. The van der Waals surface area contributed by atoms with Crippen molar-refractivity contribution in [1.82, 2.24) is 15.6 Å². The molecule has 0 spiro atoms. The first-order valence-corrected chi connectivity index (χ1v) is 8.99. The van der Waals surface area contributed by atoms with Gasteiger partial charge >= 0.3 is 0 Å². The van der Waals surface area contributed by atoms with Gasteiger partial charge in [-0.1, -0.05) is 66.7 Å². The number of H-pyrrole nitrogens is 1. The molecule has 0 fully saturated rings. The van der Waals surface area contributed by atoms with Gasteiger partial charge in [0.25, 0.3) is 5.91 Å². The van der Waals surface area contributed by atoms with Crippen LogP contribution in [0.5, 0.6) is 0 Å². The highest BCUT2D eigenvalue weighted by molar-refractivity contribution is 5.94. The lowest BCUT2D eigenvalue weighted by molar-refractivity contribution is 0.0950. The van der Waals surface area contributed by atoms with E-state index in [9.17, 15) is 9.18 Å². The number of hydrazone groups is 1. The molecule has 5 nitrogen and oxygen atoms in total. The Labute approximate surface area is 166 Å². The van der Waals surface area contributed by atoms with Crippen LogP contribution < -0.4 is 5.43 Å². The highest BCUT2D eigenvalue weighted by Gasteiger charge is 2.10. The predicted molar refractivity (Wildman–Crippen MR) is 111 cm³/mol. The van der Waals surface area contributed by atoms with Gasteiger partial charge in [-0.05, 0) is 34.9 Å². The van der Waals surface area contributed by atoms with E-state index in [4.69, 9.17) is 0 Å². The van der Waals surface area contributed by atoms with Crippen LogP contribution in [0.15, 0.2) is 90.0 Å². The van der Waals surface area contributed by atoms with Crippen LogP contribution in [0.3, 0.4) is 0 Å². The standard InChI is InChI=1S/C23H17FN4O/c24-20-12-6-16(7-13-20)15-25-28-23(29)22-14-21(26-27-22)19-10-8-18(9-11-19)17-4-2-1-3-5-17/h1-15H,(H,26,27)(H,28,29)/b25-15+. The average Bonchev–Trinajstić information content (AvgIpc) is 3.26. The van der Waals surface area contributed by atoms with E-state index in [1.54, 1.807) is 18.2 Å².